The van der Waals surface area contributed by atoms with Crippen molar-refractivity contribution >= 4 is 40.9 Å². The highest BCUT2D eigenvalue weighted by Crippen LogP contribution is 2.44. The van der Waals surface area contributed by atoms with Crippen molar-refractivity contribution in [2.75, 3.05) is 6.61 Å². The minimum atomic E-state index is -1.57. The van der Waals surface area contributed by atoms with E-state index in [4.69, 9.17) is 10.5 Å². The largest absolute Gasteiger partial charge is 0.449 e. The van der Waals surface area contributed by atoms with E-state index >= 15 is 4.79 Å². The molecule has 1 aliphatic rings. The summed E-state index contributed by atoms with van der Waals surface area (Å²) in [4.78, 5) is 77.4. The number of nitrogens with zero attached hydrogens (tertiary/aromatic N) is 2. The molecule has 1 aliphatic carbocycles. The molecule has 0 radical (unpaired) electrons. The van der Waals surface area contributed by atoms with E-state index in [2.05, 4.69) is 15.6 Å². The molecule has 336 valence electrons. The second-order valence-electron chi connectivity index (χ2n) is 17.0. The smallest absolute Gasteiger partial charge is 0.407 e. The first-order chi connectivity index (χ1) is 30.8. The summed E-state index contributed by atoms with van der Waals surface area (Å²) in [5.41, 5.74) is 12.1. The van der Waals surface area contributed by atoms with Gasteiger partial charge in [0.15, 0.2) is 5.78 Å². The van der Waals surface area contributed by atoms with Gasteiger partial charge in [0, 0.05) is 35.5 Å². The number of hydrogen-bond acceptors (Lipinski definition) is 10. The quantitative estimate of drug-likeness (QED) is 0.0602. The Morgan fingerprint density at radius 2 is 1.47 bits per heavy atom. The first-order valence-corrected chi connectivity index (χ1v) is 22.9. The van der Waals surface area contributed by atoms with Crippen molar-refractivity contribution in [3.63, 3.8) is 0 Å². The van der Waals surface area contributed by atoms with Crippen LogP contribution in [0, 0.1) is 11.8 Å². The molecule has 64 heavy (non-hydrogen) atoms. The van der Waals surface area contributed by atoms with Gasteiger partial charge in [0.25, 0.3) is 5.91 Å². The molecule has 5 N–H and O–H groups in total. The zero-order chi connectivity index (χ0) is 45.8. The fourth-order valence-corrected chi connectivity index (χ4v) is 9.15. The van der Waals surface area contributed by atoms with Gasteiger partial charge in [-0.25, -0.2) is 4.79 Å². The second kappa shape index (κ2) is 22.6. The van der Waals surface area contributed by atoms with Crippen LogP contribution in [-0.4, -0.2) is 81.5 Å². The molecule has 13 heteroatoms. The monoisotopic (exact) mass is 885 g/mol. The molecule has 0 saturated carbocycles. The summed E-state index contributed by atoms with van der Waals surface area (Å²) in [6.07, 6.45) is -0.559. The minimum absolute atomic E-state index is 0.00699. The minimum Gasteiger partial charge on any atom is -0.449 e. The van der Waals surface area contributed by atoms with Crippen LogP contribution in [0.3, 0.4) is 0 Å². The molecule has 0 aliphatic heterocycles. The lowest BCUT2D eigenvalue weighted by Gasteiger charge is -2.38. The summed E-state index contributed by atoms with van der Waals surface area (Å²) in [5, 5.41) is 19.6. The first-order valence-electron chi connectivity index (χ1n) is 22.0. The molecule has 0 spiro atoms. The highest BCUT2D eigenvalue weighted by atomic mass is 32.1. The summed E-state index contributed by atoms with van der Waals surface area (Å²) < 4.78 is 5.90. The van der Waals surface area contributed by atoms with Gasteiger partial charge < -0.3 is 26.2 Å². The normalized spacial score (nSPS) is 14.9. The number of pyridine rings is 1. The van der Waals surface area contributed by atoms with Gasteiger partial charge in [0.2, 0.25) is 11.8 Å². The number of ether oxygens (including phenoxy) is 1. The molecule has 3 aromatic carbocycles. The Morgan fingerprint density at radius 3 is 2.08 bits per heavy atom. The number of alkyl carbamates (subject to hydrolysis) is 1. The van der Waals surface area contributed by atoms with Gasteiger partial charge in [0.05, 0.1) is 37.1 Å². The van der Waals surface area contributed by atoms with Crippen molar-refractivity contribution in [2.45, 2.75) is 102 Å². The summed E-state index contributed by atoms with van der Waals surface area (Å²) in [6.45, 7) is 7.53. The first kappa shape index (κ1) is 47.5. The van der Waals surface area contributed by atoms with Crippen LogP contribution in [0.25, 0.3) is 11.1 Å². The van der Waals surface area contributed by atoms with Crippen LogP contribution in [-0.2, 0) is 43.2 Å². The average Bonchev–Trinajstić information content (AvgIpc) is 3.93. The Kier molecular flexibility index (Phi) is 16.7. The van der Waals surface area contributed by atoms with Crippen molar-refractivity contribution in [1.82, 2.24) is 20.5 Å². The van der Waals surface area contributed by atoms with E-state index in [0.29, 0.717) is 17.7 Å². The fourth-order valence-electron chi connectivity index (χ4n) is 8.39. The van der Waals surface area contributed by atoms with Crippen LogP contribution in [0.1, 0.15) is 80.1 Å². The van der Waals surface area contributed by atoms with Gasteiger partial charge in [-0.2, -0.15) is 0 Å². The van der Waals surface area contributed by atoms with E-state index < -0.39 is 60.5 Å². The predicted molar refractivity (Wildman–Crippen MR) is 248 cm³/mol. The number of imide groups is 1. The lowest BCUT2D eigenvalue weighted by molar-refractivity contribution is -0.154. The number of benzene rings is 3. The van der Waals surface area contributed by atoms with E-state index in [-0.39, 0.29) is 55.8 Å². The molecular weight excluding hydrogens is 827 g/mol. The topological polar surface area (TPSA) is 181 Å². The van der Waals surface area contributed by atoms with E-state index in [1.54, 1.807) is 24.4 Å². The van der Waals surface area contributed by atoms with Crippen molar-refractivity contribution in [3.05, 3.63) is 148 Å². The standard InChI is InChI=1S/C51H59N5O7S/c1-5-33(4)48(46(58)28-35-18-13-14-24-53-35)55-47(59)30-45(57)44(26-32(2)3)56(49(60)42(52)29-36-19-15-25-64-36)50(61)43(27-34-16-7-6-8-17-34)54-51(62)63-31-41-39-22-11-9-20-37(39)38-21-10-12-23-40(38)41/h6-25,32-33,41-45,48,57H,5,26-31,52H2,1-4H3,(H,54,62)(H,55,59)/t33-,42-,43-,44-,45-,48-/m0/s1. The van der Waals surface area contributed by atoms with Crippen LogP contribution in [0.4, 0.5) is 4.79 Å². The second-order valence-corrected chi connectivity index (χ2v) is 18.0. The Bertz CT molecular complexity index is 2300. The van der Waals surface area contributed by atoms with Gasteiger partial charge in [-0.1, -0.05) is 125 Å². The number of carbonyl (C=O) groups is 5. The van der Waals surface area contributed by atoms with Crippen molar-refractivity contribution in [1.29, 1.82) is 0 Å². The molecule has 2 aromatic heterocycles. The number of ketones is 1. The van der Waals surface area contributed by atoms with Crippen LogP contribution in [0.5, 0.6) is 0 Å². The van der Waals surface area contributed by atoms with Crippen molar-refractivity contribution < 1.29 is 33.8 Å². The molecule has 2 heterocycles. The number of nitrogens with two attached hydrogens (primary N) is 1. The van der Waals surface area contributed by atoms with E-state index in [0.717, 1.165) is 32.0 Å². The zero-order valence-electron chi connectivity index (χ0n) is 36.9. The average molecular weight is 886 g/mol. The number of nitrogens with one attached hydrogen (secondary N) is 2. The maximum absolute atomic E-state index is 15.2. The summed E-state index contributed by atoms with van der Waals surface area (Å²) >= 11 is 1.42. The van der Waals surface area contributed by atoms with Gasteiger partial charge in [-0.3, -0.25) is 29.1 Å². The van der Waals surface area contributed by atoms with Gasteiger partial charge >= 0.3 is 6.09 Å². The summed E-state index contributed by atoms with van der Waals surface area (Å²) in [6, 6.07) is 29.3. The van der Waals surface area contributed by atoms with Crippen LogP contribution < -0.4 is 16.4 Å². The SMILES string of the molecule is CC[C@H](C)[C@H](NC(=O)C[C@H](O)[C@H](CC(C)C)N(C(=O)[C@H](Cc1ccccc1)NC(=O)OCC1c2ccccc2-c2ccccc21)C(=O)[C@@H](N)Cc1cccs1)C(=O)Cc1ccccn1. The van der Waals surface area contributed by atoms with E-state index in [9.17, 15) is 24.3 Å². The molecule has 0 saturated heterocycles. The lowest BCUT2D eigenvalue weighted by Crippen LogP contribution is -2.61. The number of aliphatic hydroxyl groups is 1. The molecule has 12 nitrogen and oxygen atoms in total. The van der Waals surface area contributed by atoms with Gasteiger partial charge in [-0.05, 0) is 69.7 Å². The molecular formula is C51H59N5O7S. The number of hydrogen-bond donors (Lipinski definition) is 4. The molecule has 0 unspecified atom stereocenters. The maximum Gasteiger partial charge on any atom is 0.407 e. The summed E-state index contributed by atoms with van der Waals surface area (Å²) in [5.74, 6) is -3.07. The lowest BCUT2D eigenvalue weighted by atomic mass is 9.91. The van der Waals surface area contributed by atoms with Crippen molar-refractivity contribution in [3.8, 4) is 11.1 Å². The maximum atomic E-state index is 15.2. The number of aliphatic hydroxyl groups excluding tert-OH is 1. The third-order valence-electron chi connectivity index (χ3n) is 11.9. The number of rotatable bonds is 21. The number of amides is 4. The Labute approximate surface area is 379 Å². The van der Waals surface area contributed by atoms with Gasteiger partial charge in [0.1, 0.15) is 12.6 Å². The van der Waals surface area contributed by atoms with Crippen molar-refractivity contribution in [2.24, 2.45) is 17.6 Å². The Balaban J connectivity index is 1.28. The third-order valence-corrected chi connectivity index (χ3v) is 12.7. The Morgan fingerprint density at radius 1 is 0.812 bits per heavy atom. The number of carbonyl (C=O) groups excluding carboxylic acids is 5. The third kappa shape index (κ3) is 12.2. The van der Waals surface area contributed by atoms with E-state index in [1.165, 1.54) is 11.3 Å². The molecule has 0 fully saturated rings. The molecule has 5 aromatic rings. The van der Waals surface area contributed by atoms with Crippen LogP contribution in [0.15, 0.2) is 121 Å². The molecule has 4 amide bonds. The summed E-state index contributed by atoms with van der Waals surface area (Å²) in [7, 11) is 0. The molecule has 6 atom stereocenters. The highest BCUT2D eigenvalue weighted by molar-refractivity contribution is 7.09. The zero-order valence-corrected chi connectivity index (χ0v) is 37.7. The number of aromatic nitrogens is 1. The highest BCUT2D eigenvalue weighted by Gasteiger charge is 2.42. The van der Waals surface area contributed by atoms with Crippen LogP contribution in [0.2, 0.25) is 0 Å². The fraction of sp³-hybridized carbons (Fsp3) is 0.373. The predicted octanol–water partition coefficient (Wildman–Crippen LogP) is 7.03. The molecule has 0 bridgehead atoms. The van der Waals surface area contributed by atoms with Crippen LogP contribution >= 0.6 is 11.3 Å². The van der Waals surface area contributed by atoms with E-state index in [1.807, 2.05) is 124 Å². The number of thiophene rings is 1. The Hall–Kier alpha value is -6.02. The van der Waals surface area contributed by atoms with Gasteiger partial charge in [-0.15, -0.1) is 11.3 Å². The number of Topliss-reactive ketones (excluding diaryl/α,β-unsaturated/α-hetero) is 1. The molecule has 6 rings (SSSR count). The number of fused-ring (bicyclic) bond motifs is 3.